The Hall–Kier alpha value is -1.56. The summed E-state index contributed by atoms with van der Waals surface area (Å²) in [4.78, 5) is 28.5. The summed E-state index contributed by atoms with van der Waals surface area (Å²) in [5.74, 6) is 0.428. The van der Waals surface area contributed by atoms with Crippen LogP contribution in [0.25, 0.3) is 0 Å². The first-order chi connectivity index (χ1) is 12.0. The van der Waals surface area contributed by atoms with Gasteiger partial charge < -0.3 is 9.80 Å². The second-order valence-electron chi connectivity index (χ2n) is 7.03. The molecule has 6 heteroatoms. The Labute approximate surface area is 152 Å². The molecule has 1 saturated heterocycles. The van der Waals surface area contributed by atoms with Gasteiger partial charge in [-0.15, -0.1) is 11.8 Å². The van der Waals surface area contributed by atoms with Crippen LogP contribution in [-0.4, -0.2) is 46.5 Å². The molecule has 2 aliphatic rings. The number of hydrogen-bond donors (Lipinski definition) is 0. The second kappa shape index (κ2) is 7.77. The van der Waals surface area contributed by atoms with Gasteiger partial charge in [-0.3, -0.25) is 9.59 Å². The minimum absolute atomic E-state index is 0.0121. The minimum Gasteiger partial charge on any atom is -0.338 e. The molecule has 0 unspecified atom stereocenters. The number of hydrogen-bond acceptors (Lipinski definition) is 3. The predicted octanol–water partition coefficient (Wildman–Crippen LogP) is 3.44. The Bertz CT molecular complexity index is 648. The van der Waals surface area contributed by atoms with Gasteiger partial charge in [0.15, 0.2) is 0 Å². The first-order valence-electron chi connectivity index (χ1n) is 8.95. The number of thioether (sulfide) groups is 1. The van der Waals surface area contributed by atoms with Crippen LogP contribution in [0.5, 0.6) is 0 Å². The molecule has 1 aliphatic carbocycles. The number of carbonyl (C=O) groups is 2. The Morgan fingerprint density at radius 1 is 1.36 bits per heavy atom. The summed E-state index contributed by atoms with van der Waals surface area (Å²) in [6, 6.07) is 6.71. The summed E-state index contributed by atoms with van der Waals surface area (Å²) >= 11 is 1.45. The Balaban J connectivity index is 1.69. The SMILES string of the molecule is CC(C)N(CCN1C(=O)CS[C@H]1c1ccccc1F)C(=O)C1CCC1. The first-order valence-corrected chi connectivity index (χ1v) is 10.00. The van der Waals surface area contributed by atoms with E-state index in [4.69, 9.17) is 0 Å². The van der Waals surface area contributed by atoms with Gasteiger partial charge in [-0.1, -0.05) is 24.6 Å². The van der Waals surface area contributed by atoms with E-state index in [9.17, 15) is 14.0 Å². The van der Waals surface area contributed by atoms with Crippen LogP contribution in [0.15, 0.2) is 24.3 Å². The molecule has 1 aromatic rings. The normalized spacial score (nSPS) is 20.9. The van der Waals surface area contributed by atoms with E-state index in [1.54, 1.807) is 23.1 Å². The summed E-state index contributed by atoms with van der Waals surface area (Å²) < 4.78 is 14.1. The van der Waals surface area contributed by atoms with Crippen molar-refractivity contribution in [2.24, 2.45) is 5.92 Å². The molecule has 0 radical (unpaired) electrons. The molecule has 0 N–H and O–H groups in total. The topological polar surface area (TPSA) is 40.6 Å². The van der Waals surface area contributed by atoms with Gasteiger partial charge in [-0.05, 0) is 32.8 Å². The summed E-state index contributed by atoms with van der Waals surface area (Å²) in [7, 11) is 0. The van der Waals surface area contributed by atoms with E-state index in [-0.39, 0.29) is 35.0 Å². The van der Waals surface area contributed by atoms with Crippen LogP contribution in [0.2, 0.25) is 0 Å². The third kappa shape index (κ3) is 3.84. The van der Waals surface area contributed by atoms with Crippen molar-refractivity contribution in [3.8, 4) is 0 Å². The maximum Gasteiger partial charge on any atom is 0.233 e. The van der Waals surface area contributed by atoms with Crippen LogP contribution in [0, 0.1) is 11.7 Å². The zero-order valence-electron chi connectivity index (χ0n) is 14.8. The average Bonchev–Trinajstić information content (AvgIpc) is 2.87. The molecule has 1 atom stereocenters. The average molecular weight is 364 g/mol. The lowest BCUT2D eigenvalue weighted by atomic mass is 9.84. The second-order valence-corrected chi connectivity index (χ2v) is 8.09. The molecule has 0 bridgehead atoms. The molecule has 0 spiro atoms. The van der Waals surface area contributed by atoms with E-state index in [0.29, 0.717) is 24.4 Å². The van der Waals surface area contributed by atoms with Gasteiger partial charge in [-0.2, -0.15) is 0 Å². The van der Waals surface area contributed by atoms with Crippen LogP contribution in [0.4, 0.5) is 4.39 Å². The molecule has 0 aromatic heterocycles. The van der Waals surface area contributed by atoms with Crippen molar-refractivity contribution in [3.63, 3.8) is 0 Å². The van der Waals surface area contributed by atoms with Gasteiger partial charge >= 0.3 is 0 Å². The largest absolute Gasteiger partial charge is 0.338 e. The molecule has 25 heavy (non-hydrogen) atoms. The maximum absolute atomic E-state index is 14.1. The molecular weight excluding hydrogens is 339 g/mol. The lowest BCUT2D eigenvalue weighted by Gasteiger charge is -2.36. The Morgan fingerprint density at radius 3 is 2.68 bits per heavy atom. The highest BCUT2D eigenvalue weighted by Crippen LogP contribution is 2.39. The number of rotatable bonds is 6. The predicted molar refractivity (Wildman–Crippen MR) is 97.5 cm³/mol. The van der Waals surface area contributed by atoms with Crippen molar-refractivity contribution < 1.29 is 14.0 Å². The highest BCUT2D eigenvalue weighted by Gasteiger charge is 2.36. The summed E-state index contributed by atoms with van der Waals surface area (Å²) in [5.41, 5.74) is 0.541. The van der Waals surface area contributed by atoms with E-state index >= 15 is 0 Å². The molecule has 2 amide bonds. The number of benzene rings is 1. The fourth-order valence-electron chi connectivity index (χ4n) is 3.36. The summed E-state index contributed by atoms with van der Waals surface area (Å²) in [6.45, 7) is 4.96. The highest BCUT2D eigenvalue weighted by atomic mass is 32.2. The van der Waals surface area contributed by atoms with Crippen LogP contribution >= 0.6 is 11.8 Å². The zero-order valence-corrected chi connectivity index (χ0v) is 15.6. The fourth-order valence-corrected chi connectivity index (χ4v) is 4.60. The van der Waals surface area contributed by atoms with E-state index in [2.05, 4.69) is 0 Å². The highest BCUT2D eigenvalue weighted by molar-refractivity contribution is 8.00. The van der Waals surface area contributed by atoms with Gasteiger partial charge in [-0.25, -0.2) is 4.39 Å². The molecule has 136 valence electrons. The van der Waals surface area contributed by atoms with Gasteiger partial charge in [0, 0.05) is 30.6 Å². The Morgan fingerprint density at radius 2 is 2.08 bits per heavy atom. The molecule has 1 heterocycles. The number of carbonyl (C=O) groups excluding carboxylic acids is 2. The van der Waals surface area contributed by atoms with Crippen molar-refractivity contribution in [2.75, 3.05) is 18.8 Å². The molecule has 4 nitrogen and oxygen atoms in total. The van der Waals surface area contributed by atoms with Crippen LogP contribution in [0.3, 0.4) is 0 Å². The van der Waals surface area contributed by atoms with Crippen molar-refractivity contribution in [3.05, 3.63) is 35.6 Å². The molecular formula is C19H25FN2O2S. The zero-order chi connectivity index (χ0) is 18.0. The summed E-state index contributed by atoms with van der Waals surface area (Å²) in [5, 5.41) is -0.304. The van der Waals surface area contributed by atoms with E-state index in [1.807, 2.05) is 18.7 Å². The number of amides is 2. The standard InChI is InChI=1S/C19H25FN2O2S/c1-13(2)21(18(24)14-6-5-7-14)10-11-22-17(23)12-25-19(22)15-8-3-4-9-16(15)20/h3-4,8-9,13-14,19H,5-7,10-12H2,1-2H3/t19-/m0/s1. The van der Waals surface area contributed by atoms with Crippen molar-refractivity contribution >= 4 is 23.6 Å². The minimum atomic E-state index is -0.304. The molecule has 1 saturated carbocycles. The van der Waals surface area contributed by atoms with E-state index < -0.39 is 0 Å². The smallest absolute Gasteiger partial charge is 0.233 e. The van der Waals surface area contributed by atoms with Crippen molar-refractivity contribution in [1.82, 2.24) is 9.80 Å². The van der Waals surface area contributed by atoms with Crippen LogP contribution in [-0.2, 0) is 9.59 Å². The molecule has 3 rings (SSSR count). The fraction of sp³-hybridized carbons (Fsp3) is 0.579. The van der Waals surface area contributed by atoms with Gasteiger partial charge in [0.1, 0.15) is 11.2 Å². The molecule has 2 fully saturated rings. The lowest BCUT2D eigenvalue weighted by molar-refractivity contribution is -0.141. The molecule has 1 aliphatic heterocycles. The van der Waals surface area contributed by atoms with Crippen molar-refractivity contribution in [1.29, 1.82) is 0 Å². The van der Waals surface area contributed by atoms with E-state index in [1.165, 1.54) is 17.8 Å². The summed E-state index contributed by atoms with van der Waals surface area (Å²) in [6.07, 6.45) is 3.07. The number of nitrogens with zero attached hydrogens (tertiary/aromatic N) is 2. The van der Waals surface area contributed by atoms with Crippen LogP contribution < -0.4 is 0 Å². The van der Waals surface area contributed by atoms with Gasteiger partial charge in [0.2, 0.25) is 11.8 Å². The third-order valence-corrected chi connectivity index (χ3v) is 6.32. The lowest BCUT2D eigenvalue weighted by Crippen LogP contribution is -2.47. The van der Waals surface area contributed by atoms with Gasteiger partial charge in [0.05, 0.1) is 5.75 Å². The third-order valence-electron chi connectivity index (χ3n) is 5.08. The molecule has 1 aromatic carbocycles. The quantitative estimate of drug-likeness (QED) is 0.776. The maximum atomic E-state index is 14.1. The van der Waals surface area contributed by atoms with Crippen LogP contribution in [0.1, 0.15) is 44.0 Å². The number of halogens is 1. The van der Waals surface area contributed by atoms with E-state index in [0.717, 1.165) is 19.3 Å². The Kier molecular flexibility index (Phi) is 5.67. The van der Waals surface area contributed by atoms with Crippen molar-refractivity contribution in [2.45, 2.75) is 44.5 Å². The van der Waals surface area contributed by atoms with Gasteiger partial charge in [0.25, 0.3) is 0 Å². The first kappa shape index (κ1) is 18.2. The monoisotopic (exact) mass is 364 g/mol.